The maximum Gasteiger partial charge on any atom is 0.322 e. The van der Waals surface area contributed by atoms with Gasteiger partial charge < -0.3 is 9.15 Å². The first-order valence-electron chi connectivity index (χ1n) is 10.3. The molecule has 1 aliphatic rings. The van der Waals surface area contributed by atoms with Gasteiger partial charge in [0, 0.05) is 36.7 Å². The molecule has 0 unspecified atom stereocenters. The number of sulfonamides is 1. The van der Waals surface area contributed by atoms with Gasteiger partial charge in [-0.25, -0.2) is 8.42 Å². The Morgan fingerprint density at radius 3 is 2.53 bits per heavy atom. The molecule has 0 aliphatic carbocycles. The molecule has 0 bridgehead atoms. The van der Waals surface area contributed by atoms with Gasteiger partial charge in [-0.2, -0.15) is 4.31 Å². The number of carbonyl (C=O) groups excluding carboxylic acids is 1. The number of methoxy groups -OCH3 is 1. The van der Waals surface area contributed by atoms with Gasteiger partial charge in [0.15, 0.2) is 0 Å². The summed E-state index contributed by atoms with van der Waals surface area (Å²) in [6, 6.07) is 11.7. The van der Waals surface area contributed by atoms with Crippen LogP contribution in [0.1, 0.15) is 12.8 Å². The number of nitro groups is 1. The van der Waals surface area contributed by atoms with Gasteiger partial charge in [0.05, 0.1) is 16.9 Å². The van der Waals surface area contributed by atoms with Crippen LogP contribution in [0.5, 0.6) is 5.75 Å². The second-order valence-corrected chi connectivity index (χ2v) is 9.50. The van der Waals surface area contributed by atoms with E-state index in [1.807, 2.05) is 0 Å². The van der Waals surface area contributed by atoms with Crippen LogP contribution in [0.3, 0.4) is 0 Å². The van der Waals surface area contributed by atoms with Crippen molar-refractivity contribution in [1.82, 2.24) is 14.5 Å². The number of aromatic nitrogens is 2. The molecule has 1 aliphatic heterocycles. The number of nitrogens with zero attached hydrogens (tertiary/aromatic N) is 4. The largest absolute Gasteiger partial charge is 0.497 e. The highest BCUT2D eigenvalue weighted by atomic mass is 32.2. The molecule has 0 saturated carbocycles. The fourth-order valence-electron chi connectivity index (χ4n) is 3.61. The second-order valence-electron chi connectivity index (χ2n) is 7.56. The molecule has 34 heavy (non-hydrogen) atoms. The first-order chi connectivity index (χ1) is 16.3. The highest BCUT2D eigenvalue weighted by Gasteiger charge is 2.32. The highest BCUT2D eigenvalue weighted by Crippen LogP contribution is 2.27. The Kier molecular flexibility index (Phi) is 6.56. The van der Waals surface area contributed by atoms with E-state index >= 15 is 0 Å². The van der Waals surface area contributed by atoms with E-state index in [4.69, 9.17) is 9.15 Å². The number of amides is 1. The Bertz CT molecular complexity index is 1300. The minimum absolute atomic E-state index is 0.0272. The summed E-state index contributed by atoms with van der Waals surface area (Å²) in [7, 11) is -2.17. The van der Waals surface area contributed by atoms with Crippen molar-refractivity contribution in [2.24, 2.45) is 5.92 Å². The van der Waals surface area contributed by atoms with Crippen molar-refractivity contribution in [3.8, 4) is 17.2 Å². The van der Waals surface area contributed by atoms with Gasteiger partial charge in [0.2, 0.25) is 21.8 Å². The number of piperidine rings is 1. The molecule has 178 valence electrons. The fourth-order valence-corrected chi connectivity index (χ4v) is 5.08. The van der Waals surface area contributed by atoms with Gasteiger partial charge >= 0.3 is 6.01 Å². The van der Waals surface area contributed by atoms with Crippen LogP contribution in [0.4, 0.5) is 11.7 Å². The van der Waals surface area contributed by atoms with Crippen molar-refractivity contribution in [2.75, 3.05) is 25.5 Å². The Labute approximate surface area is 194 Å². The van der Waals surface area contributed by atoms with Crippen LogP contribution in [0.25, 0.3) is 11.5 Å². The first-order valence-corrected chi connectivity index (χ1v) is 11.8. The number of nitrogens with one attached hydrogen (secondary N) is 1. The third-order valence-electron chi connectivity index (χ3n) is 5.48. The zero-order valence-corrected chi connectivity index (χ0v) is 18.9. The van der Waals surface area contributed by atoms with Gasteiger partial charge in [0.1, 0.15) is 5.75 Å². The van der Waals surface area contributed by atoms with Crippen molar-refractivity contribution in [1.29, 1.82) is 0 Å². The molecule has 2 aromatic carbocycles. The first kappa shape index (κ1) is 23.3. The standard InChI is InChI=1S/C21H21N5O7S/c1-32-17-5-7-18(8-6-17)34(30,31)25-11-9-14(10-12-25)19(27)22-21-24-23-20(33-21)15-3-2-4-16(13-15)26(28)29/h2-8,13-14H,9-12H2,1H3,(H,22,24,27). The minimum atomic E-state index is -3.67. The second kappa shape index (κ2) is 9.57. The van der Waals surface area contributed by atoms with E-state index in [9.17, 15) is 23.3 Å². The molecular weight excluding hydrogens is 466 g/mol. The Morgan fingerprint density at radius 1 is 1.18 bits per heavy atom. The smallest absolute Gasteiger partial charge is 0.322 e. The zero-order chi connectivity index (χ0) is 24.3. The lowest BCUT2D eigenvalue weighted by Gasteiger charge is -2.30. The summed E-state index contributed by atoms with van der Waals surface area (Å²) in [6.45, 7) is 0.379. The van der Waals surface area contributed by atoms with Gasteiger partial charge in [-0.15, -0.1) is 5.10 Å². The third kappa shape index (κ3) is 4.89. The van der Waals surface area contributed by atoms with Crippen LogP contribution in [0.15, 0.2) is 57.8 Å². The molecule has 1 amide bonds. The number of nitro benzene ring substituents is 1. The normalized spacial score (nSPS) is 15.1. The molecule has 1 aromatic heterocycles. The number of non-ortho nitro benzene ring substituents is 1. The van der Waals surface area contributed by atoms with E-state index in [2.05, 4.69) is 15.5 Å². The lowest BCUT2D eigenvalue weighted by Crippen LogP contribution is -2.41. The molecule has 1 N–H and O–H groups in total. The van der Waals surface area contributed by atoms with Gasteiger partial charge in [-0.3, -0.25) is 20.2 Å². The maximum atomic E-state index is 12.9. The van der Waals surface area contributed by atoms with E-state index < -0.39 is 20.9 Å². The Hall–Kier alpha value is -3.84. The molecule has 4 rings (SSSR count). The van der Waals surface area contributed by atoms with Crippen LogP contribution in [-0.4, -0.2) is 54.0 Å². The molecule has 2 heterocycles. The number of carbonyl (C=O) groups is 1. The molecule has 3 aromatic rings. The Morgan fingerprint density at radius 2 is 1.88 bits per heavy atom. The minimum Gasteiger partial charge on any atom is -0.497 e. The van der Waals surface area contributed by atoms with Gasteiger partial charge in [-0.05, 0) is 43.2 Å². The molecule has 0 radical (unpaired) electrons. The average Bonchev–Trinajstić information content (AvgIpc) is 3.32. The van der Waals surface area contributed by atoms with Gasteiger partial charge in [0.25, 0.3) is 5.69 Å². The number of ether oxygens (including phenoxy) is 1. The van der Waals surface area contributed by atoms with Gasteiger partial charge in [-0.1, -0.05) is 11.2 Å². The third-order valence-corrected chi connectivity index (χ3v) is 7.39. The van der Waals surface area contributed by atoms with Crippen LogP contribution in [-0.2, 0) is 14.8 Å². The quantitative estimate of drug-likeness (QED) is 0.391. The summed E-state index contributed by atoms with van der Waals surface area (Å²) < 4.78 is 37.6. The van der Waals surface area contributed by atoms with Crippen molar-refractivity contribution in [3.05, 3.63) is 58.6 Å². The molecule has 12 nitrogen and oxygen atoms in total. The summed E-state index contributed by atoms with van der Waals surface area (Å²) in [6.07, 6.45) is 0.653. The summed E-state index contributed by atoms with van der Waals surface area (Å²) >= 11 is 0. The van der Waals surface area contributed by atoms with Crippen LogP contribution < -0.4 is 10.1 Å². The number of benzene rings is 2. The SMILES string of the molecule is COc1ccc(S(=O)(=O)N2CCC(C(=O)Nc3nnc(-c4cccc([N+](=O)[O-])c4)o3)CC2)cc1. The summed E-state index contributed by atoms with van der Waals surface area (Å²) in [4.78, 5) is 23.2. The van der Waals surface area contributed by atoms with Crippen molar-refractivity contribution in [2.45, 2.75) is 17.7 Å². The number of anilines is 1. The van der Waals surface area contributed by atoms with Crippen molar-refractivity contribution in [3.63, 3.8) is 0 Å². The highest BCUT2D eigenvalue weighted by molar-refractivity contribution is 7.89. The van der Waals surface area contributed by atoms with E-state index in [1.165, 1.54) is 41.7 Å². The van der Waals surface area contributed by atoms with E-state index in [-0.39, 0.29) is 41.5 Å². The van der Waals surface area contributed by atoms with Crippen molar-refractivity contribution < 1.29 is 27.3 Å². The topological polar surface area (TPSA) is 158 Å². The monoisotopic (exact) mass is 487 g/mol. The number of hydrogen-bond acceptors (Lipinski definition) is 9. The molecule has 0 atom stereocenters. The molecule has 1 fully saturated rings. The lowest BCUT2D eigenvalue weighted by molar-refractivity contribution is -0.384. The van der Waals surface area contributed by atoms with Crippen LogP contribution >= 0.6 is 0 Å². The number of rotatable bonds is 7. The van der Waals surface area contributed by atoms with Crippen molar-refractivity contribution >= 4 is 27.6 Å². The fraction of sp³-hybridized carbons (Fsp3) is 0.286. The predicted octanol–water partition coefficient (Wildman–Crippen LogP) is 2.69. The summed E-state index contributed by atoms with van der Waals surface area (Å²) in [5, 5.41) is 21.1. The van der Waals surface area contributed by atoms with Crippen LogP contribution in [0.2, 0.25) is 0 Å². The van der Waals surface area contributed by atoms with E-state index in [0.29, 0.717) is 24.2 Å². The zero-order valence-electron chi connectivity index (χ0n) is 18.1. The average molecular weight is 487 g/mol. The number of hydrogen-bond donors (Lipinski definition) is 1. The lowest BCUT2D eigenvalue weighted by atomic mass is 9.97. The predicted molar refractivity (Wildman–Crippen MR) is 119 cm³/mol. The maximum absolute atomic E-state index is 12.9. The van der Waals surface area contributed by atoms with E-state index in [1.54, 1.807) is 18.2 Å². The summed E-state index contributed by atoms with van der Waals surface area (Å²) in [5.74, 6) is -0.213. The molecule has 1 saturated heterocycles. The molecule has 0 spiro atoms. The summed E-state index contributed by atoms with van der Waals surface area (Å²) in [5.41, 5.74) is 0.219. The van der Waals surface area contributed by atoms with Crippen LogP contribution in [0, 0.1) is 16.0 Å². The van der Waals surface area contributed by atoms with E-state index in [0.717, 1.165) is 0 Å². The molecular formula is C21H21N5O7S. The Balaban J connectivity index is 1.36. The molecule has 13 heteroatoms.